The van der Waals surface area contributed by atoms with Gasteiger partial charge in [0.15, 0.2) is 0 Å². The van der Waals surface area contributed by atoms with E-state index in [1.54, 1.807) is 13.1 Å². The van der Waals surface area contributed by atoms with Crippen molar-refractivity contribution in [2.75, 3.05) is 36.4 Å². The van der Waals surface area contributed by atoms with Crippen LogP contribution in [0, 0.1) is 6.92 Å². The van der Waals surface area contributed by atoms with Gasteiger partial charge >= 0.3 is 0 Å². The number of hydrogen-bond donors (Lipinski definition) is 1. The van der Waals surface area contributed by atoms with Gasteiger partial charge in [0.05, 0.1) is 12.4 Å². The number of hydrogen-bond acceptors (Lipinski definition) is 5. The van der Waals surface area contributed by atoms with E-state index >= 15 is 0 Å². The smallest absolute Gasteiger partial charge is 0.275 e. The standard InChI is InChI=1S/C18H21N5O2/c1-13-5-3-4-6-15(13)21-18(25)16-11-20-17(12-19-16)23-9-7-22(8-10-23)14(2)24/h3-6,11-12H,7-10H2,1-2H3,(H,21,25). The van der Waals surface area contributed by atoms with Crippen LogP contribution in [-0.4, -0.2) is 52.9 Å². The molecule has 130 valence electrons. The molecule has 1 aromatic carbocycles. The number of anilines is 2. The number of nitrogens with zero attached hydrogens (tertiary/aromatic N) is 4. The Hall–Kier alpha value is -2.96. The van der Waals surface area contributed by atoms with E-state index in [4.69, 9.17) is 0 Å². The molecule has 25 heavy (non-hydrogen) atoms. The van der Waals surface area contributed by atoms with Crippen LogP contribution >= 0.6 is 0 Å². The molecule has 1 aliphatic heterocycles. The third kappa shape index (κ3) is 3.93. The minimum atomic E-state index is -0.283. The van der Waals surface area contributed by atoms with Crippen LogP contribution in [0.5, 0.6) is 0 Å². The molecule has 1 aliphatic rings. The molecule has 0 aliphatic carbocycles. The van der Waals surface area contributed by atoms with E-state index < -0.39 is 0 Å². The SMILES string of the molecule is CC(=O)N1CCN(c2cnc(C(=O)Nc3ccccc3C)cn2)CC1. The van der Waals surface area contributed by atoms with Crippen molar-refractivity contribution in [3.8, 4) is 0 Å². The Morgan fingerprint density at radius 1 is 1.04 bits per heavy atom. The molecule has 0 atom stereocenters. The monoisotopic (exact) mass is 339 g/mol. The molecule has 1 saturated heterocycles. The lowest BCUT2D eigenvalue weighted by atomic mass is 10.2. The van der Waals surface area contributed by atoms with Crippen molar-refractivity contribution in [3.05, 3.63) is 47.9 Å². The van der Waals surface area contributed by atoms with Gasteiger partial charge in [-0.15, -0.1) is 0 Å². The first-order valence-electron chi connectivity index (χ1n) is 8.24. The van der Waals surface area contributed by atoms with Crippen molar-refractivity contribution in [2.45, 2.75) is 13.8 Å². The predicted octanol–water partition coefficient (Wildman–Crippen LogP) is 1.71. The molecule has 2 aromatic rings. The van der Waals surface area contributed by atoms with E-state index in [2.05, 4.69) is 20.2 Å². The highest BCUT2D eigenvalue weighted by Gasteiger charge is 2.20. The maximum atomic E-state index is 12.3. The number of nitrogens with one attached hydrogen (secondary N) is 1. The molecule has 7 heteroatoms. The van der Waals surface area contributed by atoms with Gasteiger partial charge in [0.25, 0.3) is 5.91 Å². The zero-order chi connectivity index (χ0) is 17.8. The molecule has 0 radical (unpaired) electrons. The summed E-state index contributed by atoms with van der Waals surface area (Å²) >= 11 is 0. The largest absolute Gasteiger partial charge is 0.352 e. The summed E-state index contributed by atoms with van der Waals surface area (Å²) < 4.78 is 0. The average Bonchev–Trinajstić information content (AvgIpc) is 2.64. The third-order valence-corrected chi connectivity index (χ3v) is 4.31. The molecule has 2 amide bonds. The number of amides is 2. The van der Waals surface area contributed by atoms with Crippen LogP contribution in [0.1, 0.15) is 23.0 Å². The lowest BCUT2D eigenvalue weighted by Crippen LogP contribution is -2.48. The molecular weight excluding hydrogens is 318 g/mol. The lowest BCUT2D eigenvalue weighted by Gasteiger charge is -2.34. The van der Waals surface area contributed by atoms with Crippen molar-refractivity contribution >= 4 is 23.3 Å². The van der Waals surface area contributed by atoms with Crippen LogP contribution in [0.2, 0.25) is 0 Å². The summed E-state index contributed by atoms with van der Waals surface area (Å²) in [7, 11) is 0. The number of benzene rings is 1. The second-order valence-corrected chi connectivity index (χ2v) is 6.02. The lowest BCUT2D eigenvalue weighted by molar-refractivity contribution is -0.129. The second kappa shape index (κ2) is 7.29. The molecule has 1 aromatic heterocycles. The number of carbonyl (C=O) groups excluding carboxylic acids is 2. The Kier molecular flexibility index (Phi) is 4.92. The van der Waals surface area contributed by atoms with Gasteiger partial charge < -0.3 is 15.1 Å². The summed E-state index contributed by atoms with van der Waals surface area (Å²) in [5, 5.41) is 2.84. The number of rotatable bonds is 3. The van der Waals surface area contributed by atoms with Crippen LogP contribution in [0.3, 0.4) is 0 Å². The average molecular weight is 339 g/mol. The number of para-hydroxylation sites is 1. The first-order chi connectivity index (χ1) is 12.0. The zero-order valence-electron chi connectivity index (χ0n) is 14.4. The first-order valence-corrected chi connectivity index (χ1v) is 8.24. The van der Waals surface area contributed by atoms with Crippen LogP contribution in [0.15, 0.2) is 36.7 Å². The van der Waals surface area contributed by atoms with E-state index in [-0.39, 0.29) is 17.5 Å². The van der Waals surface area contributed by atoms with E-state index in [0.717, 1.165) is 17.1 Å². The highest BCUT2D eigenvalue weighted by atomic mass is 16.2. The Balaban J connectivity index is 1.63. The van der Waals surface area contributed by atoms with Gasteiger partial charge in [-0.3, -0.25) is 9.59 Å². The maximum absolute atomic E-state index is 12.3. The Morgan fingerprint density at radius 3 is 2.36 bits per heavy atom. The molecule has 0 unspecified atom stereocenters. The van der Waals surface area contributed by atoms with Crippen LogP contribution in [-0.2, 0) is 4.79 Å². The van der Waals surface area contributed by atoms with E-state index in [1.807, 2.05) is 36.1 Å². The summed E-state index contributed by atoms with van der Waals surface area (Å²) in [5.41, 5.74) is 2.02. The number of aryl methyl sites for hydroxylation is 1. The Morgan fingerprint density at radius 2 is 1.76 bits per heavy atom. The quantitative estimate of drug-likeness (QED) is 0.921. The van der Waals surface area contributed by atoms with E-state index in [0.29, 0.717) is 26.2 Å². The van der Waals surface area contributed by atoms with Crippen molar-refractivity contribution in [1.82, 2.24) is 14.9 Å². The maximum Gasteiger partial charge on any atom is 0.275 e. The Labute approximate surface area is 146 Å². The van der Waals surface area contributed by atoms with E-state index in [1.165, 1.54) is 6.20 Å². The number of piperazine rings is 1. The normalized spacial score (nSPS) is 14.3. The number of carbonyl (C=O) groups is 2. The van der Waals surface area contributed by atoms with Crippen molar-refractivity contribution in [1.29, 1.82) is 0 Å². The molecule has 1 fully saturated rings. The summed E-state index contributed by atoms with van der Waals surface area (Å²) in [4.78, 5) is 36.1. The molecule has 3 rings (SSSR count). The fraction of sp³-hybridized carbons (Fsp3) is 0.333. The summed E-state index contributed by atoms with van der Waals surface area (Å²) in [5.74, 6) is 0.527. The highest BCUT2D eigenvalue weighted by molar-refractivity contribution is 6.03. The van der Waals surface area contributed by atoms with Gasteiger partial charge in [-0.25, -0.2) is 9.97 Å². The Bertz CT molecular complexity index is 767. The molecule has 7 nitrogen and oxygen atoms in total. The molecule has 0 bridgehead atoms. The topological polar surface area (TPSA) is 78.4 Å². The van der Waals surface area contributed by atoms with Gasteiger partial charge in [-0.05, 0) is 18.6 Å². The summed E-state index contributed by atoms with van der Waals surface area (Å²) in [6.45, 7) is 6.29. The van der Waals surface area contributed by atoms with E-state index in [9.17, 15) is 9.59 Å². The molecule has 0 spiro atoms. The molecule has 2 heterocycles. The number of aromatic nitrogens is 2. The van der Waals surface area contributed by atoms with Crippen LogP contribution in [0.25, 0.3) is 0 Å². The fourth-order valence-corrected chi connectivity index (χ4v) is 2.75. The zero-order valence-corrected chi connectivity index (χ0v) is 14.4. The third-order valence-electron chi connectivity index (χ3n) is 4.31. The molecule has 1 N–H and O–H groups in total. The van der Waals surface area contributed by atoms with Gasteiger partial charge in [0.2, 0.25) is 5.91 Å². The van der Waals surface area contributed by atoms with Crippen LogP contribution in [0.4, 0.5) is 11.5 Å². The van der Waals surface area contributed by atoms with Crippen molar-refractivity contribution in [3.63, 3.8) is 0 Å². The summed E-state index contributed by atoms with van der Waals surface area (Å²) in [6.07, 6.45) is 3.09. The van der Waals surface area contributed by atoms with Gasteiger partial charge in [-0.1, -0.05) is 18.2 Å². The highest BCUT2D eigenvalue weighted by Crippen LogP contribution is 2.15. The predicted molar refractivity (Wildman–Crippen MR) is 95.6 cm³/mol. The summed E-state index contributed by atoms with van der Waals surface area (Å²) in [6, 6.07) is 7.58. The minimum Gasteiger partial charge on any atom is -0.352 e. The second-order valence-electron chi connectivity index (χ2n) is 6.02. The molecule has 0 saturated carbocycles. The minimum absolute atomic E-state index is 0.0916. The first kappa shape index (κ1) is 16.9. The van der Waals surface area contributed by atoms with Gasteiger partial charge in [-0.2, -0.15) is 0 Å². The fourth-order valence-electron chi connectivity index (χ4n) is 2.75. The van der Waals surface area contributed by atoms with Gasteiger partial charge in [0.1, 0.15) is 11.5 Å². The molecular formula is C18H21N5O2. The van der Waals surface area contributed by atoms with Crippen molar-refractivity contribution in [2.24, 2.45) is 0 Å². The van der Waals surface area contributed by atoms with Crippen LogP contribution < -0.4 is 10.2 Å². The van der Waals surface area contributed by atoms with Gasteiger partial charge in [0, 0.05) is 38.8 Å². The van der Waals surface area contributed by atoms with Crippen molar-refractivity contribution < 1.29 is 9.59 Å².